The van der Waals surface area contributed by atoms with Gasteiger partial charge in [-0.15, -0.1) is 0 Å². The van der Waals surface area contributed by atoms with Gasteiger partial charge in [0, 0.05) is 24.4 Å². The van der Waals surface area contributed by atoms with Gasteiger partial charge in [-0.1, -0.05) is 35.4 Å². The molecule has 1 amide bonds. The van der Waals surface area contributed by atoms with Crippen LogP contribution in [0.25, 0.3) is 10.4 Å². The van der Waals surface area contributed by atoms with Crippen LogP contribution in [-0.4, -0.2) is 12.5 Å². The van der Waals surface area contributed by atoms with Crippen molar-refractivity contribution in [1.82, 2.24) is 5.32 Å². The third kappa shape index (κ3) is 5.02. The van der Waals surface area contributed by atoms with Gasteiger partial charge < -0.3 is 5.32 Å². The summed E-state index contributed by atoms with van der Waals surface area (Å²) in [6.07, 6.45) is 0.983. The van der Waals surface area contributed by atoms with E-state index < -0.39 is 0 Å². The van der Waals surface area contributed by atoms with Crippen molar-refractivity contribution >= 4 is 5.91 Å². The number of nitrogens with one attached hydrogen (secondary N) is 1. The Labute approximate surface area is 94.1 Å². The van der Waals surface area contributed by atoms with Crippen LogP contribution in [0.4, 0.5) is 0 Å². The van der Waals surface area contributed by atoms with E-state index in [1.807, 2.05) is 30.3 Å². The van der Waals surface area contributed by atoms with Crippen molar-refractivity contribution in [1.29, 1.82) is 0 Å². The lowest BCUT2D eigenvalue weighted by Gasteiger charge is -2.04. The molecule has 0 aliphatic carbocycles. The van der Waals surface area contributed by atoms with E-state index in [4.69, 9.17) is 5.53 Å². The van der Waals surface area contributed by atoms with E-state index in [-0.39, 0.29) is 5.91 Å². The molecule has 0 saturated carbocycles. The molecular weight excluding hydrogens is 204 g/mol. The molecule has 1 aromatic rings. The van der Waals surface area contributed by atoms with Gasteiger partial charge in [0.15, 0.2) is 0 Å². The largest absolute Gasteiger partial charge is 0.352 e. The van der Waals surface area contributed by atoms with Gasteiger partial charge >= 0.3 is 0 Å². The highest BCUT2D eigenvalue weighted by Crippen LogP contribution is 1.98. The maximum atomic E-state index is 11.3. The van der Waals surface area contributed by atoms with Gasteiger partial charge in [-0.2, -0.15) is 0 Å². The molecule has 0 aliphatic heterocycles. The maximum absolute atomic E-state index is 11.3. The molecule has 0 spiro atoms. The summed E-state index contributed by atoms with van der Waals surface area (Å²) in [6, 6.07) is 9.72. The molecule has 0 radical (unpaired) electrons. The zero-order valence-electron chi connectivity index (χ0n) is 8.97. The molecule has 84 valence electrons. The Balaban J connectivity index is 2.18. The Morgan fingerprint density at radius 3 is 2.81 bits per heavy atom. The third-order valence-corrected chi connectivity index (χ3v) is 2.06. The van der Waals surface area contributed by atoms with Gasteiger partial charge in [-0.3, -0.25) is 4.79 Å². The molecule has 0 aliphatic rings. The Morgan fingerprint density at radius 2 is 2.12 bits per heavy atom. The first-order valence-electron chi connectivity index (χ1n) is 5.14. The standard InChI is InChI=1S/C11H14N4O/c12-15-14-8-4-7-11(16)13-9-10-5-2-1-3-6-10/h1-3,5-6H,4,7-9H2,(H,13,16). The quantitative estimate of drug-likeness (QED) is 0.338. The highest BCUT2D eigenvalue weighted by Gasteiger charge is 1.99. The molecule has 0 heterocycles. The average Bonchev–Trinajstić information content (AvgIpc) is 2.33. The van der Waals surface area contributed by atoms with Crippen LogP contribution in [0.2, 0.25) is 0 Å². The summed E-state index contributed by atoms with van der Waals surface area (Å²) >= 11 is 0. The van der Waals surface area contributed by atoms with Crippen LogP contribution in [0.5, 0.6) is 0 Å². The molecule has 5 heteroatoms. The van der Waals surface area contributed by atoms with Crippen LogP contribution in [-0.2, 0) is 11.3 Å². The number of benzene rings is 1. The van der Waals surface area contributed by atoms with Crippen LogP contribution >= 0.6 is 0 Å². The number of nitrogens with zero attached hydrogens (tertiary/aromatic N) is 3. The topological polar surface area (TPSA) is 77.9 Å². The fraction of sp³-hybridized carbons (Fsp3) is 0.364. The minimum Gasteiger partial charge on any atom is -0.352 e. The van der Waals surface area contributed by atoms with E-state index in [0.29, 0.717) is 25.9 Å². The van der Waals surface area contributed by atoms with Gasteiger partial charge in [-0.25, -0.2) is 0 Å². The molecule has 0 aromatic heterocycles. The molecule has 5 nitrogen and oxygen atoms in total. The average molecular weight is 218 g/mol. The minimum atomic E-state index is -0.0167. The van der Waals surface area contributed by atoms with E-state index in [0.717, 1.165) is 5.56 Å². The summed E-state index contributed by atoms with van der Waals surface area (Å²) in [5.41, 5.74) is 9.12. The molecule has 0 bridgehead atoms. The zero-order valence-corrected chi connectivity index (χ0v) is 8.97. The number of carbonyl (C=O) groups excluding carboxylic acids is 1. The molecular formula is C11H14N4O. The van der Waals surface area contributed by atoms with E-state index >= 15 is 0 Å². The molecule has 16 heavy (non-hydrogen) atoms. The van der Waals surface area contributed by atoms with Gasteiger partial charge in [0.25, 0.3) is 0 Å². The number of rotatable bonds is 6. The van der Waals surface area contributed by atoms with Crippen LogP contribution in [0.3, 0.4) is 0 Å². The summed E-state index contributed by atoms with van der Waals surface area (Å²) in [7, 11) is 0. The van der Waals surface area contributed by atoms with Crippen LogP contribution in [0.1, 0.15) is 18.4 Å². The van der Waals surface area contributed by atoms with Gasteiger partial charge in [-0.05, 0) is 17.5 Å². The SMILES string of the molecule is [N-]=[N+]=NCCCC(=O)NCc1ccccc1. The van der Waals surface area contributed by atoms with Crippen molar-refractivity contribution in [2.45, 2.75) is 19.4 Å². The summed E-state index contributed by atoms with van der Waals surface area (Å²) in [4.78, 5) is 14.0. The lowest BCUT2D eigenvalue weighted by Crippen LogP contribution is -2.22. The number of azide groups is 1. The predicted molar refractivity (Wildman–Crippen MR) is 61.5 cm³/mol. The monoisotopic (exact) mass is 218 g/mol. The Hall–Kier alpha value is -2.00. The van der Waals surface area contributed by atoms with E-state index in [9.17, 15) is 4.79 Å². The van der Waals surface area contributed by atoms with E-state index in [2.05, 4.69) is 15.3 Å². The summed E-state index contributed by atoms with van der Waals surface area (Å²) in [6.45, 7) is 0.913. The van der Waals surface area contributed by atoms with Crippen molar-refractivity contribution in [3.8, 4) is 0 Å². The smallest absolute Gasteiger partial charge is 0.220 e. The summed E-state index contributed by atoms with van der Waals surface area (Å²) in [5.74, 6) is -0.0167. The summed E-state index contributed by atoms with van der Waals surface area (Å²) < 4.78 is 0. The van der Waals surface area contributed by atoms with Crippen LogP contribution in [0.15, 0.2) is 35.4 Å². The minimum absolute atomic E-state index is 0.0167. The zero-order chi connectivity index (χ0) is 11.6. The summed E-state index contributed by atoms with van der Waals surface area (Å²) in [5, 5.41) is 6.16. The number of hydrogen-bond acceptors (Lipinski definition) is 2. The highest BCUT2D eigenvalue weighted by atomic mass is 16.1. The van der Waals surface area contributed by atoms with Gasteiger partial charge in [0.05, 0.1) is 0 Å². The van der Waals surface area contributed by atoms with Gasteiger partial charge in [0.2, 0.25) is 5.91 Å². The third-order valence-electron chi connectivity index (χ3n) is 2.06. The molecule has 0 fully saturated rings. The second-order valence-electron chi connectivity index (χ2n) is 3.32. The van der Waals surface area contributed by atoms with Crippen LogP contribution in [0, 0.1) is 0 Å². The maximum Gasteiger partial charge on any atom is 0.220 e. The van der Waals surface area contributed by atoms with Crippen molar-refractivity contribution in [3.63, 3.8) is 0 Å². The van der Waals surface area contributed by atoms with Crippen molar-refractivity contribution in [2.24, 2.45) is 5.11 Å². The Kier molecular flexibility index (Phi) is 5.52. The molecule has 1 rings (SSSR count). The first-order valence-corrected chi connectivity index (χ1v) is 5.14. The Bertz CT molecular complexity index is 371. The van der Waals surface area contributed by atoms with Crippen molar-refractivity contribution < 1.29 is 4.79 Å². The van der Waals surface area contributed by atoms with E-state index in [1.54, 1.807) is 0 Å². The second kappa shape index (κ2) is 7.31. The molecule has 0 unspecified atom stereocenters. The number of hydrogen-bond donors (Lipinski definition) is 1. The normalized spacial score (nSPS) is 9.25. The fourth-order valence-electron chi connectivity index (χ4n) is 1.24. The van der Waals surface area contributed by atoms with Crippen LogP contribution < -0.4 is 5.32 Å². The molecule has 1 N–H and O–H groups in total. The Morgan fingerprint density at radius 1 is 1.38 bits per heavy atom. The molecule has 1 aromatic carbocycles. The lowest BCUT2D eigenvalue weighted by atomic mass is 10.2. The van der Waals surface area contributed by atoms with Crippen molar-refractivity contribution in [2.75, 3.05) is 6.54 Å². The van der Waals surface area contributed by atoms with E-state index in [1.165, 1.54) is 0 Å². The highest BCUT2D eigenvalue weighted by molar-refractivity contribution is 5.75. The first-order chi connectivity index (χ1) is 7.83. The number of amides is 1. The lowest BCUT2D eigenvalue weighted by molar-refractivity contribution is -0.121. The van der Waals surface area contributed by atoms with Gasteiger partial charge in [0.1, 0.15) is 0 Å². The first kappa shape index (κ1) is 12.1. The fourth-order valence-corrected chi connectivity index (χ4v) is 1.24. The second-order valence-corrected chi connectivity index (χ2v) is 3.32. The van der Waals surface area contributed by atoms with Crippen molar-refractivity contribution in [3.05, 3.63) is 46.3 Å². The predicted octanol–water partition coefficient (Wildman–Crippen LogP) is 2.39. The number of carbonyl (C=O) groups is 1. The molecule has 0 saturated heterocycles. The molecule has 0 atom stereocenters.